The average Bonchev–Trinajstić information content (AvgIpc) is 2.43. The zero-order chi connectivity index (χ0) is 8.55. The Bertz CT molecular complexity index is 408. The SMILES string of the molecule is NCc1ccc2sc(Br)cc2c1. The van der Waals surface area contributed by atoms with E-state index in [1.165, 1.54) is 19.4 Å². The van der Waals surface area contributed by atoms with Crippen LogP contribution in [0, 0.1) is 0 Å². The van der Waals surface area contributed by atoms with Gasteiger partial charge in [-0.1, -0.05) is 6.07 Å². The van der Waals surface area contributed by atoms with Crippen molar-refractivity contribution in [2.75, 3.05) is 0 Å². The number of benzene rings is 1. The summed E-state index contributed by atoms with van der Waals surface area (Å²) in [6.07, 6.45) is 0. The van der Waals surface area contributed by atoms with Crippen molar-refractivity contribution in [2.24, 2.45) is 5.73 Å². The first-order chi connectivity index (χ1) is 5.79. The van der Waals surface area contributed by atoms with Crippen molar-refractivity contribution in [3.63, 3.8) is 0 Å². The van der Waals surface area contributed by atoms with E-state index in [4.69, 9.17) is 5.73 Å². The molecule has 0 spiro atoms. The van der Waals surface area contributed by atoms with Crippen molar-refractivity contribution in [3.8, 4) is 0 Å². The summed E-state index contributed by atoms with van der Waals surface area (Å²) >= 11 is 5.21. The van der Waals surface area contributed by atoms with Gasteiger partial charge in [0.15, 0.2) is 0 Å². The van der Waals surface area contributed by atoms with Crippen LogP contribution in [0.25, 0.3) is 10.1 Å². The van der Waals surface area contributed by atoms with E-state index >= 15 is 0 Å². The van der Waals surface area contributed by atoms with Gasteiger partial charge in [0.05, 0.1) is 3.79 Å². The average molecular weight is 242 g/mol. The molecule has 62 valence electrons. The third-order valence-corrected chi connectivity index (χ3v) is 3.41. The summed E-state index contributed by atoms with van der Waals surface area (Å²) in [5.74, 6) is 0. The zero-order valence-electron chi connectivity index (χ0n) is 6.38. The van der Waals surface area contributed by atoms with Gasteiger partial charge in [-0.25, -0.2) is 0 Å². The summed E-state index contributed by atoms with van der Waals surface area (Å²) in [5, 5.41) is 1.27. The molecule has 0 unspecified atom stereocenters. The Morgan fingerprint density at radius 2 is 2.17 bits per heavy atom. The minimum atomic E-state index is 0.614. The molecule has 1 aromatic carbocycles. The predicted molar refractivity (Wildman–Crippen MR) is 57.4 cm³/mol. The van der Waals surface area contributed by atoms with Crippen LogP contribution in [0.1, 0.15) is 5.56 Å². The fraction of sp³-hybridized carbons (Fsp3) is 0.111. The lowest BCUT2D eigenvalue weighted by Crippen LogP contribution is -1.94. The van der Waals surface area contributed by atoms with Crippen LogP contribution in [0.3, 0.4) is 0 Å². The van der Waals surface area contributed by atoms with E-state index in [-0.39, 0.29) is 0 Å². The molecule has 0 saturated carbocycles. The predicted octanol–water partition coefficient (Wildman–Crippen LogP) is 3.12. The van der Waals surface area contributed by atoms with Crippen LogP contribution in [0.2, 0.25) is 0 Å². The molecular weight excluding hydrogens is 234 g/mol. The highest BCUT2D eigenvalue weighted by Gasteiger charge is 1.99. The number of hydrogen-bond acceptors (Lipinski definition) is 2. The maximum Gasteiger partial charge on any atom is 0.0711 e. The third kappa shape index (κ3) is 1.40. The summed E-state index contributed by atoms with van der Waals surface area (Å²) in [6, 6.07) is 8.45. The lowest BCUT2D eigenvalue weighted by Gasteiger charge is -1.94. The van der Waals surface area contributed by atoms with Crippen molar-refractivity contribution < 1.29 is 0 Å². The van der Waals surface area contributed by atoms with Gasteiger partial charge in [0, 0.05) is 11.2 Å². The fourth-order valence-corrected chi connectivity index (χ4v) is 2.72. The van der Waals surface area contributed by atoms with Crippen LogP contribution in [-0.4, -0.2) is 0 Å². The van der Waals surface area contributed by atoms with Gasteiger partial charge in [-0.2, -0.15) is 0 Å². The number of nitrogens with two attached hydrogens (primary N) is 1. The fourth-order valence-electron chi connectivity index (χ4n) is 1.19. The largest absolute Gasteiger partial charge is 0.326 e. The number of rotatable bonds is 1. The van der Waals surface area contributed by atoms with Crippen LogP contribution in [0.4, 0.5) is 0 Å². The molecule has 0 aliphatic carbocycles. The van der Waals surface area contributed by atoms with Crippen molar-refractivity contribution >= 4 is 37.4 Å². The molecule has 1 heterocycles. The molecule has 1 aromatic heterocycles. The van der Waals surface area contributed by atoms with Gasteiger partial charge in [-0.3, -0.25) is 0 Å². The minimum Gasteiger partial charge on any atom is -0.326 e. The Labute approximate surface area is 83.3 Å². The second-order valence-electron chi connectivity index (χ2n) is 2.63. The maximum absolute atomic E-state index is 5.54. The number of hydrogen-bond donors (Lipinski definition) is 1. The molecule has 0 saturated heterocycles. The molecular formula is C9H8BrNS. The van der Waals surface area contributed by atoms with Crippen molar-refractivity contribution in [2.45, 2.75) is 6.54 Å². The molecule has 0 aliphatic heterocycles. The van der Waals surface area contributed by atoms with E-state index in [1.54, 1.807) is 11.3 Å². The second-order valence-corrected chi connectivity index (χ2v) is 5.09. The molecule has 12 heavy (non-hydrogen) atoms. The molecule has 2 rings (SSSR count). The summed E-state index contributed by atoms with van der Waals surface area (Å²) in [4.78, 5) is 0. The van der Waals surface area contributed by atoms with E-state index in [2.05, 4.69) is 40.2 Å². The molecule has 0 bridgehead atoms. The van der Waals surface area contributed by atoms with Gasteiger partial charge >= 0.3 is 0 Å². The molecule has 2 aromatic rings. The van der Waals surface area contributed by atoms with E-state index in [9.17, 15) is 0 Å². The Balaban J connectivity index is 2.66. The number of thiophene rings is 1. The highest BCUT2D eigenvalue weighted by molar-refractivity contribution is 9.11. The smallest absolute Gasteiger partial charge is 0.0711 e. The summed E-state index contributed by atoms with van der Waals surface area (Å²) in [7, 11) is 0. The Morgan fingerprint density at radius 3 is 2.92 bits per heavy atom. The summed E-state index contributed by atoms with van der Waals surface area (Å²) in [6.45, 7) is 0.614. The highest BCUT2D eigenvalue weighted by atomic mass is 79.9. The third-order valence-electron chi connectivity index (χ3n) is 1.79. The van der Waals surface area contributed by atoms with E-state index in [1.807, 2.05) is 0 Å². The molecule has 1 nitrogen and oxygen atoms in total. The lowest BCUT2D eigenvalue weighted by molar-refractivity contribution is 1.08. The van der Waals surface area contributed by atoms with Gasteiger partial charge in [-0.15, -0.1) is 11.3 Å². The van der Waals surface area contributed by atoms with Crippen LogP contribution in [0.5, 0.6) is 0 Å². The normalized spacial score (nSPS) is 10.8. The quantitative estimate of drug-likeness (QED) is 0.816. The highest BCUT2D eigenvalue weighted by Crippen LogP contribution is 2.29. The van der Waals surface area contributed by atoms with Crippen molar-refractivity contribution in [1.29, 1.82) is 0 Å². The summed E-state index contributed by atoms with van der Waals surface area (Å²) < 4.78 is 2.48. The van der Waals surface area contributed by atoms with Gasteiger partial charge in [0.25, 0.3) is 0 Å². The number of fused-ring (bicyclic) bond motifs is 1. The van der Waals surface area contributed by atoms with Crippen LogP contribution in [0.15, 0.2) is 28.1 Å². The van der Waals surface area contributed by atoms with Gasteiger partial charge in [-0.05, 0) is 45.1 Å². The topological polar surface area (TPSA) is 26.0 Å². The first-order valence-corrected chi connectivity index (χ1v) is 5.28. The van der Waals surface area contributed by atoms with Gasteiger partial charge in [0.2, 0.25) is 0 Å². The summed E-state index contributed by atoms with van der Waals surface area (Å²) in [5.41, 5.74) is 6.73. The Morgan fingerprint density at radius 1 is 1.33 bits per heavy atom. The Kier molecular flexibility index (Phi) is 2.17. The molecule has 3 heteroatoms. The molecule has 0 fully saturated rings. The molecule has 0 atom stereocenters. The maximum atomic E-state index is 5.54. The van der Waals surface area contributed by atoms with Crippen LogP contribution in [-0.2, 0) is 6.54 Å². The molecule has 0 radical (unpaired) electrons. The molecule has 2 N–H and O–H groups in total. The van der Waals surface area contributed by atoms with Crippen LogP contribution >= 0.6 is 27.3 Å². The second kappa shape index (κ2) is 3.17. The lowest BCUT2D eigenvalue weighted by atomic mass is 10.2. The minimum absolute atomic E-state index is 0.614. The number of halogens is 1. The zero-order valence-corrected chi connectivity index (χ0v) is 8.78. The van der Waals surface area contributed by atoms with E-state index in [0.717, 1.165) is 0 Å². The van der Waals surface area contributed by atoms with Crippen molar-refractivity contribution in [3.05, 3.63) is 33.6 Å². The Hall–Kier alpha value is -0.380. The van der Waals surface area contributed by atoms with Gasteiger partial charge < -0.3 is 5.73 Å². The van der Waals surface area contributed by atoms with Crippen LogP contribution < -0.4 is 5.73 Å². The van der Waals surface area contributed by atoms with E-state index in [0.29, 0.717) is 6.54 Å². The molecule has 0 amide bonds. The van der Waals surface area contributed by atoms with Gasteiger partial charge in [0.1, 0.15) is 0 Å². The standard InChI is InChI=1S/C9H8BrNS/c10-9-4-7-3-6(5-11)1-2-8(7)12-9/h1-4H,5,11H2. The monoisotopic (exact) mass is 241 g/mol. The van der Waals surface area contributed by atoms with E-state index < -0.39 is 0 Å². The first-order valence-electron chi connectivity index (χ1n) is 3.67. The first kappa shape index (κ1) is 8.23. The molecule has 0 aliphatic rings. The van der Waals surface area contributed by atoms with Crippen molar-refractivity contribution in [1.82, 2.24) is 0 Å².